The zero-order valence-corrected chi connectivity index (χ0v) is 11.1. The third kappa shape index (κ3) is 3.01. The van der Waals surface area contributed by atoms with Gasteiger partial charge in [0.15, 0.2) is 0 Å². The van der Waals surface area contributed by atoms with Crippen LogP contribution in [-0.2, 0) is 4.79 Å². The van der Waals surface area contributed by atoms with Gasteiger partial charge < -0.3 is 15.5 Å². The van der Waals surface area contributed by atoms with Gasteiger partial charge >= 0.3 is 0 Å². The third-order valence-electron chi connectivity index (χ3n) is 3.31. The van der Waals surface area contributed by atoms with Crippen LogP contribution in [-0.4, -0.2) is 33.1 Å². The first-order valence-electron chi connectivity index (χ1n) is 6.46. The molecule has 1 fully saturated rings. The number of rotatable bonds is 3. The normalized spacial score (nSPS) is 19.3. The molecule has 1 atom stereocenters. The summed E-state index contributed by atoms with van der Waals surface area (Å²) in [7, 11) is 3.96. The van der Waals surface area contributed by atoms with Gasteiger partial charge in [-0.15, -0.1) is 0 Å². The molecule has 1 heterocycles. The molecule has 0 spiro atoms. The average molecular weight is 247 g/mol. The van der Waals surface area contributed by atoms with Gasteiger partial charge in [0, 0.05) is 20.6 Å². The van der Waals surface area contributed by atoms with E-state index in [0.29, 0.717) is 0 Å². The van der Waals surface area contributed by atoms with Crippen molar-refractivity contribution in [1.29, 1.82) is 0 Å². The SMILES string of the molecule is CN(C)c1ccccc1NC(=O)[C@H]1CCCNC1. The van der Waals surface area contributed by atoms with Crippen LogP contribution in [0.1, 0.15) is 12.8 Å². The molecular weight excluding hydrogens is 226 g/mol. The minimum absolute atomic E-state index is 0.0916. The van der Waals surface area contributed by atoms with Gasteiger partial charge in [0.25, 0.3) is 0 Å². The molecule has 0 aromatic heterocycles. The van der Waals surface area contributed by atoms with Crippen LogP contribution < -0.4 is 15.5 Å². The molecule has 0 saturated carbocycles. The molecule has 2 rings (SSSR count). The van der Waals surface area contributed by atoms with E-state index in [1.807, 2.05) is 43.3 Å². The zero-order valence-electron chi connectivity index (χ0n) is 11.1. The lowest BCUT2D eigenvalue weighted by atomic mass is 9.98. The quantitative estimate of drug-likeness (QED) is 0.854. The van der Waals surface area contributed by atoms with E-state index in [1.165, 1.54) is 0 Å². The molecule has 0 radical (unpaired) electrons. The molecular formula is C14H21N3O. The number of piperidine rings is 1. The highest BCUT2D eigenvalue weighted by molar-refractivity contribution is 5.95. The maximum absolute atomic E-state index is 12.2. The van der Waals surface area contributed by atoms with Crippen molar-refractivity contribution in [2.24, 2.45) is 5.92 Å². The first-order valence-corrected chi connectivity index (χ1v) is 6.46. The van der Waals surface area contributed by atoms with Crippen molar-refractivity contribution >= 4 is 17.3 Å². The summed E-state index contributed by atoms with van der Waals surface area (Å²) in [6.45, 7) is 1.81. The number of nitrogens with zero attached hydrogens (tertiary/aromatic N) is 1. The van der Waals surface area contributed by atoms with E-state index in [0.717, 1.165) is 37.3 Å². The Kier molecular flexibility index (Phi) is 4.20. The number of nitrogens with one attached hydrogen (secondary N) is 2. The van der Waals surface area contributed by atoms with Crippen LogP contribution in [0.3, 0.4) is 0 Å². The van der Waals surface area contributed by atoms with Crippen LogP contribution in [0.5, 0.6) is 0 Å². The van der Waals surface area contributed by atoms with Crippen LogP contribution >= 0.6 is 0 Å². The number of amides is 1. The maximum Gasteiger partial charge on any atom is 0.228 e. The molecule has 2 N–H and O–H groups in total. The highest BCUT2D eigenvalue weighted by Crippen LogP contribution is 2.24. The Labute approximate surface area is 108 Å². The minimum atomic E-state index is 0.0916. The summed E-state index contributed by atoms with van der Waals surface area (Å²) in [6, 6.07) is 7.88. The maximum atomic E-state index is 12.2. The summed E-state index contributed by atoms with van der Waals surface area (Å²) >= 11 is 0. The predicted molar refractivity (Wildman–Crippen MR) is 75.0 cm³/mol. The minimum Gasteiger partial charge on any atom is -0.376 e. The van der Waals surface area contributed by atoms with Gasteiger partial charge in [-0.05, 0) is 31.5 Å². The van der Waals surface area contributed by atoms with E-state index < -0.39 is 0 Å². The second-order valence-electron chi connectivity index (χ2n) is 4.94. The monoisotopic (exact) mass is 247 g/mol. The van der Waals surface area contributed by atoms with Crippen LogP contribution in [0.15, 0.2) is 24.3 Å². The van der Waals surface area contributed by atoms with E-state index in [1.54, 1.807) is 0 Å². The fourth-order valence-corrected chi connectivity index (χ4v) is 2.28. The molecule has 98 valence electrons. The average Bonchev–Trinajstić information content (AvgIpc) is 2.40. The van der Waals surface area contributed by atoms with Crippen molar-refractivity contribution in [2.45, 2.75) is 12.8 Å². The Hall–Kier alpha value is -1.55. The molecule has 1 saturated heterocycles. The van der Waals surface area contributed by atoms with Crippen molar-refractivity contribution in [3.63, 3.8) is 0 Å². The number of hydrogen-bond acceptors (Lipinski definition) is 3. The number of hydrogen-bond donors (Lipinski definition) is 2. The van der Waals surface area contributed by atoms with Crippen molar-refractivity contribution < 1.29 is 4.79 Å². The Bertz CT molecular complexity index is 411. The second-order valence-corrected chi connectivity index (χ2v) is 4.94. The molecule has 0 unspecified atom stereocenters. The van der Waals surface area contributed by atoms with Crippen LogP contribution in [0.25, 0.3) is 0 Å². The number of para-hydroxylation sites is 2. The number of carbonyl (C=O) groups excluding carboxylic acids is 1. The summed E-state index contributed by atoms with van der Waals surface area (Å²) in [5.41, 5.74) is 1.92. The van der Waals surface area contributed by atoms with E-state index in [-0.39, 0.29) is 11.8 Å². The van der Waals surface area contributed by atoms with Gasteiger partial charge in [-0.25, -0.2) is 0 Å². The highest BCUT2D eigenvalue weighted by Gasteiger charge is 2.21. The number of anilines is 2. The topological polar surface area (TPSA) is 44.4 Å². The molecule has 1 aliphatic rings. The fourth-order valence-electron chi connectivity index (χ4n) is 2.28. The molecule has 0 bridgehead atoms. The fraction of sp³-hybridized carbons (Fsp3) is 0.500. The molecule has 4 heteroatoms. The van der Waals surface area contributed by atoms with Gasteiger partial charge in [-0.3, -0.25) is 4.79 Å². The summed E-state index contributed by atoms with van der Waals surface area (Å²) in [5.74, 6) is 0.213. The van der Waals surface area contributed by atoms with Gasteiger partial charge in [0.2, 0.25) is 5.91 Å². The highest BCUT2D eigenvalue weighted by atomic mass is 16.1. The summed E-state index contributed by atoms with van der Waals surface area (Å²) in [6.07, 6.45) is 2.05. The molecule has 1 amide bonds. The van der Waals surface area contributed by atoms with Crippen molar-refractivity contribution in [2.75, 3.05) is 37.4 Å². The van der Waals surface area contributed by atoms with E-state index in [2.05, 4.69) is 10.6 Å². The lowest BCUT2D eigenvalue weighted by molar-refractivity contribution is -0.120. The lowest BCUT2D eigenvalue weighted by Crippen LogP contribution is -2.37. The lowest BCUT2D eigenvalue weighted by Gasteiger charge is -2.23. The van der Waals surface area contributed by atoms with Crippen LogP contribution in [0, 0.1) is 5.92 Å². The number of benzene rings is 1. The third-order valence-corrected chi connectivity index (χ3v) is 3.31. The van der Waals surface area contributed by atoms with Gasteiger partial charge in [0.1, 0.15) is 0 Å². The zero-order chi connectivity index (χ0) is 13.0. The molecule has 1 aliphatic heterocycles. The summed E-state index contributed by atoms with van der Waals surface area (Å²) in [5, 5.41) is 6.31. The smallest absolute Gasteiger partial charge is 0.228 e. The summed E-state index contributed by atoms with van der Waals surface area (Å²) in [4.78, 5) is 14.2. The van der Waals surface area contributed by atoms with Crippen molar-refractivity contribution in [3.8, 4) is 0 Å². The molecule has 18 heavy (non-hydrogen) atoms. The van der Waals surface area contributed by atoms with Crippen molar-refractivity contribution in [1.82, 2.24) is 5.32 Å². The van der Waals surface area contributed by atoms with E-state index >= 15 is 0 Å². The molecule has 0 aliphatic carbocycles. The summed E-state index contributed by atoms with van der Waals surface area (Å²) < 4.78 is 0. The largest absolute Gasteiger partial charge is 0.376 e. The van der Waals surface area contributed by atoms with E-state index in [9.17, 15) is 4.79 Å². The molecule has 1 aromatic rings. The van der Waals surface area contributed by atoms with Crippen molar-refractivity contribution in [3.05, 3.63) is 24.3 Å². The van der Waals surface area contributed by atoms with Crippen LogP contribution in [0.2, 0.25) is 0 Å². The number of carbonyl (C=O) groups is 1. The van der Waals surface area contributed by atoms with Gasteiger partial charge in [-0.1, -0.05) is 12.1 Å². The standard InChI is InChI=1S/C14H21N3O/c1-17(2)13-8-4-3-7-12(13)16-14(18)11-6-5-9-15-10-11/h3-4,7-8,11,15H,5-6,9-10H2,1-2H3,(H,16,18)/t11-/m0/s1. The van der Waals surface area contributed by atoms with Gasteiger partial charge in [-0.2, -0.15) is 0 Å². The van der Waals surface area contributed by atoms with E-state index in [4.69, 9.17) is 0 Å². The Morgan fingerprint density at radius 1 is 1.39 bits per heavy atom. The molecule has 4 nitrogen and oxygen atoms in total. The first-order chi connectivity index (χ1) is 8.68. The Balaban J connectivity index is 2.06. The second kappa shape index (κ2) is 5.87. The Morgan fingerprint density at radius 2 is 2.17 bits per heavy atom. The predicted octanol–water partition coefficient (Wildman–Crippen LogP) is 1.69. The van der Waals surface area contributed by atoms with Gasteiger partial charge in [0.05, 0.1) is 17.3 Å². The Morgan fingerprint density at radius 3 is 2.83 bits per heavy atom. The molecule has 1 aromatic carbocycles. The first kappa shape index (κ1) is 12.9. The van der Waals surface area contributed by atoms with Crippen LogP contribution in [0.4, 0.5) is 11.4 Å².